The lowest BCUT2D eigenvalue weighted by Crippen LogP contribution is -2.44. The molecule has 26 heavy (non-hydrogen) atoms. The predicted octanol–water partition coefficient (Wildman–Crippen LogP) is 1.36. The fourth-order valence-corrected chi connectivity index (χ4v) is 1.69. The van der Waals surface area contributed by atoms with Crippen LogP contribution in [-0.4, -0.2) is 29.1 Å². The topological polar surface area (TPSA) is 89.1 Å². The highest BCUT2D eigenvalue weighted by Gasteiger charge is 2.29. The molecular weight excluding hydrogens is 358 g/mol. The van der Waals surface area contributed by atoms with Crippen LogP contribution in [0.15, 0.2) is 24.5 Å². The number of aromatic amines is 1. The van der Waals surface area contributed by atoms with Crippen molar-refractivity contribution in [3.05, 3.63) is 36.2 Å². The van der Waals surface area contributed by atoms with Crippen molar-refractivity contribution in [2.24, 2.45) is 5.41 Å². The van der Waals surface area contributed by atoms with Crippen molar-refractivity contribution in [2.45, 2.75) is 39.9 Å². The van der Waals surface area contributed by atoms with Crippen molar-refractivity contribution in [2.75, 3.05) is 0 Å². The van der Waals surface area contributed by atoms with Gasteiger partial charge in [0.1, 0.15) is 12.2 Å². The van der Waals surface area contributed by atoms with Gasteiger partial charge in [-0.1, -0.05) is 20.8 Å². The summed E-state index contributed by atoms with van der Waals surface area (Å²) in [6.07, 6.45) is -2.04. The molecule has 0 aliphatic rings. The lowest BCUT2D eigenvalue weighted by molar-refractivity contribution is -0.515. The monoisotopic (exact) mass is 377 g/mol. The van der Waals surface area contributed by atoms with Crippen molar-refractivity contribution in [3.8, 4) is 0 Å². The average molecular weight is 377 g/mol. The number of carbonyl (C=O) groups is 2. The van der Waals surface area contributed by atoms with E-state index in [-0.39, 0.29) is 23.2 Å². The number of amides is 1. The molecule has 1 amide bonds. The number of aliphatic carboxylic acids is 1. The van der Waals surface area contributed by atoms with Crippen molar-refractivity contribution in [1.82, 2.24) is 10.3 Å². The van der Waals surface area contributed by atoms with Crippen LogP contribution in [0.1, 0.15) is 38.3 Å². The normalized spacial score (nSPS) is 12.9. The number of hydrogen-bond acceptors (Lipinski definition) is 3. The van der Waals surface area contributed by atoms with E-state index in [0.29, 0.717) is 11.3 Å². The third kappa shape index (κ3) is 5.43. The molecule has 0 bridgehead atoms. The van der Waals surface area contributed by atoms with Crippen molar-refractivity contribution in [1.29, 1.82) is 0 Å². The fourth-order valence-electron chi connectivity index (χ4n) is 1.69. The highest BCUT2D eigenvalue weighted by Crippen LogP contribution is 2.18. The van der Waals surface area contributed by atoms with Gasteiger partial charge in [-0.25, -0.2) is 9.37 Å². The number of nitrogens with zero attached hydrogens (tertiary/aromatic N) is 1. The maximum atomic E-state index is 13.5. The minimum Gasteiger partial charge on any atom is -0.542 e. The number of carboxylic acids is 1. The van der Waals surface area contributed by atoms with Gasteiger partial charge in [-0.2, -0.15) is 17.6 Å². The first-order valence-corrected chi connectivity index (χ1v) is 7.51. The van der Waals surface area contributed by atoms with Gasteiger partial charge in [0.05, 0.1) is 6.20 Å². The Balaban J connectivity index is 0.000000412. The standard InChI is InChI=1S/C14H18FN3O.C2HF3O2/c1-9(14(2,3)4)17-13(19)12-16-8-11-10(15)6-5-7-18(11)12;3-2(4,5)1(6)7/h5-9H,1-4H3,(H,17,19);(H,6,7). The molecule has 6 nitrogen and oxygen atoms in total. The van der Waals surface area contributed by atoms with E-state index in [9.17, 15) is 22.4 Å². The Kier molecular flexibility index (Phi) is 6.34. The molecule has 2 N–H and O–H groups in total. The number of fused-ring (bicyclic) bond motifs is 1. The number of imidazole rings is 1. The minimum absolute atomic E-state index is 0.00695. The molecule has 10 heteroatoms. The van der Waals surface area contributed by atoms with E-state index in [0.717, 1.165) is 0 Å². The zero-order valence-corrected chi connectivity index (χ0v) is 14.6. The predicted molar refractivity (Wildman–Crippen MR) is 81.4 cm³/mol. The Morgan fingerprint density at radius 1 is 1.27 bits per heavy atom. The van der Waals surface area contributed by atoms with Crippen LogP contribution >= 0.6 is 0 Å². The molecule has 2 aromatic rings. The fraction of sp³-hybridized carbons (Fsp3) is 0.438. The molecule has 0 radical (unpaired) electrons. The van der Waals surface area contributed by atoms with Gasteiger partial charge < -0.3 is 15.2 Å². The number of carboxylic acid groups (broad SMARTS) is 1. The number of rotatable bonds is 2. The van der Waals surface area contributed by atoms with E-state index in [1.807, 2.05) is 6.92 Å². The largest absolute Gasteiger partial charge is 0.542 e. The maximum absolute atomic E-state index is 13.5. The Bertz CT molecular complexity index is 794. The first-order chi connectivity index (χ1) is 11.7. The second-order valence-electron chi connectivity index (χ2n) is 6.60. The maximum Gasteiger partial charge on any atom is 0.430 e. The first-order valence-electron chi connectivity index (χ1n) is 7.51. The summed E-state index contributed by atoms with van der Waals surface area (Å²) in [7, 11) is 0. The molecule has 0 saturated heterocycles. The van der Waals surface area contributed by atoms with Gasteiger partial charge in [-0.15, -0.1) is 0 Å². The lowest BCUT2D eigenvalue weighted by atomic mass is 9.88. The minimum atomic E-state index is -5.19. The summed E-state index contributed by atoms with van der Waals surface area (Å²) in [5, 5.41) is 11.7. The number of hydrogen-bond donors (Lipinski definition) is 2. The van der Waals surface area contributed by atoms with Crippen LogP contribution in [0.4, 0.5) is 17.6 Å². The lowest BCUT2D eigenvalue weighted by Gasteiger charge is -2.27. The summed E-state index contributed by atoms with van der Waals surface area (Å²) in [6.45, 7) is 8.11. The van der Waals surface area contributed by atoms with E-state index >= 15 is 0 Å². The number of nitrogens with one attached hydrogen (secondary N) is 2. The highest BCUT2D eigenvalue weighted by molar-refractivity contribution is 5.89. The highest BCUT2D eigenvalue weighted by atomic mass is 19.4. The van der Waals surface area contributed by atoms with Gasteiger partial charge in [-0.3, -0.25) is 4.79 Å². The Morgan fingerprint density at radius 2 is 1.81 bits per heavy atom. The van der Waals surface area contributed by atoms with Crippen LogP contribution in [0, 0.1) is 11.2 Å². The molecule has 0 aromatic carbocycles. The van der Waals surface area contributed by atoms with Gasteiger partial charge in [0, 0.05) is 6.04 Å². The number of aromatic nitrogens is 2. The Hall–Kier alpha value is -2.65. The van der Waals surface area contributed by atoms with Crippen molar-refractivity contribution < 1.29 is 36.7 Å². The number of H-pyrrole nitrogens is 1. The molecule has 2 aromatic heterocycles. The number of pyridine rings is 1. The van der Waals surface area contributed by atoms with Gasteiger partial charge in [0.15, 0.2) is 5.82 Å². The number of carbonyl (C=O) groups excluding carboxylic acids is 2. The molecule has 0 aliphatic heterocycles. The SMILES string of the molecule is CC(NC(=O)c1[nH]cc2c(F)ccc[n+]12)C(C)(C)C.O=C([O-])C(F)(F)F. The van der Waals surface area contributed by atoms with Crippen LogP contribution in [0.25, 0.3) is 5.52 Å². The Morgan fingerprint density at radius 3 is 2.27 bits per heavy atom. The number of halogens is 4. The Labute approximate surface area is 146 Å². The molecule has 2 rings (SSSR count). The summed E-state index contributed by atoms with van der Waals surface area (Å²) in [4.78, 5) is 23.8. The van der Waals surface area contributed by atoms with E-state index in [2.05, 4.69) is 31.1 Å². The molecule has 0 fully saturated rings. The van der Waals surface area contributed by atoms with Crippen LogP contribution in [-0.2, 0) is 4.79 Å². The zero-order chi connectivity index (χ0) is 20.3. The molecule has 0 aliphatic carbocycles. The van der Waals surface area contributed by atoms with Crippen LogP contribution in [0.5, 0.6) is 0 Å². The number of alkyl halides is 3. The van der Waals surface area contributed by atoms with E-state index in [4.69, 9.17) is 9.90 Å². The van der Waals surface area contributed by atoms with Crippen LogP contribution in [0.2, 0.25) is 0 Å². The molecule has 0 spiro atoms. The van der Waals surface area contributed by atoms with Gasteiger partial charge in [0.2, 0.25) is 5.52 Å². The first kappa shape index (κ1) is 21.4. The quantitative estimate of drug-likeness (QED) is 0.612. The summed E-state index contributed by atoms with van der Waals surface area (Å²) < 4.78 is 46.6. The van der Waals surface area contributed by atoms with Crippen LogP contribution < -0.4 is 14.8 Å². The van der Waals surface area contributed by atoms with Gasteiger partial charge >= 0.3 is 17.9 Å². The summed E-state index contributed by atoms with van der Waals surface area (Å²) in [6, 6.07) is 2.94. The average Bonchev–Trinajstić information content (AvgIpc) is 2.91. The summed E-state index contributed by atoms with van der Waals surface area (Å²) in [5.74, 6) is -3.28. The molecule has 2 heterocycles. The smallest absolute Gasteiger partial charge is 0.430 e. The van der Waals surface area contributed by atoms with E-state index in [1.165, 1.54) is 16.7 Å². The van der Waals surface area contributed by atoms with Crippen molar-refractivity contribution in [3.63, 3.8) is 0 Å². The van der Waals surface area contributed by atoms with E-state index in [1.54, 1.807) is 12.3 Å². The second kappa shape index (κ2) is 7.71. The summed E-state index contributed by atoms with van der Waals surface area (Å²) in [5.41, 5.74) is 0.324. The third-order valence-corrected chi connectivity index (χ3v) is 3.66. The van der Waals surface area contributed by atoms with Crippen molar-refractivity contribution >= 4 is 17.4 Å². The summed E-state index contributed by atoms with van der Waals surface area (Å²) >= 11 is 0. The van der Waals surface area contributed by atoms with Crippen LogP contribution in [0.3, 0.4) is 0 Å². The second-order valence-corrected chi connectivity index (χ2v) is 6.60. The van der Waals surface area contributed by atoms with Gasteiger partial charge in [0.25, 0.3) is 0 Å². The van der Waals surface area contributed by atoms with Gasteiger partial charge in [-0.05, 0) is 24.5 Å². The van der Waals surface area contributed by atoms with E-state index < -0.39 is 12.1 Å². The molecular formula is C16H19F4N3O3. The molecule has 1 unspecified atom stereocenters. The third-order valence-electron chi connectivity index (χ3n) is 3.66. The molecule has 1 atom stereocenters. The molecule has 0 saturated carbocycles. The zero-order valence-electron chi connectivity index (χ0n) is 14.6. The molecule has 144 valence electrons.